The first-order chi connectivity index (χ1) is 10.8. The number of nitrogens with two attached hydrogens (primary N) is 1. The Hall–Kier alpha value is -2.37. The van der Waals surface area contributed by atoms with E-state index < -0.39 is 0 Å². The average molecular weight is 298 g/mol. The van der Waals surface area contributed by atoms with Gasteiger partial charge in [0.25, 0.3) is 0 Å². The zero-order valence-electron chi connectivity index (χ0n) is 12.7. The summed E-state index contributed by atoms with van der Waals surface area (Å²) in [6, 6.07) is 8.85. The van der Waals surface area contributed by atoms with Gasteiger partial charge in [-0.3, -0.25) is 0 Å². The molecule has 0 unspecified atom stereocenters. The molecule has 3 rings (SSSR count). The summed E-state index contributed by atoms with van der Waals surface area (Å²) in [4.78, 5) is 8.36. The van der Waals surface area contributed by atoms with Crippen LogP contribution in [0.15, 0.2) is 41.9 Å². The van der Waals surface area contributed by atoms with Gasteiger partial charge >= 0.3 is 0 Å². The zero-order valence-corrected chi connectivity index (χ0v) is 12.7. The molecule has 1 aliphatic carbocycles. The maximum absolute atomic E-state index is 5.94. The van der Waals surface area contributed by atoms with E-state index in [1.54, 1.807) is 17.3 Å². The van der Waals surface area contributed by atoms with Crippen molar-refractivity contribution >= 4 is 5.96 Å². The fraction of sp³-hybridized carbons (Fsp3) is 0.438. The van der Waals surface area contributed by atoms with Gasteiger partial charge in [-0.15, -0.1) is 0 Å². The largest absolute Gasteiger partial charge is 0.370 e. The van der Waals surface area contributed by atoms with Gasteiger partial charge in [0.1, 0.15) is 12.7 Å². The highest BCUT2D eigenvalue weighted by atomic mass is 15.3. The molecule has 1 heterocycles. The van der Waals surface area contributed by atoms with Crippen LogP contribution in [0.3, 0.4) is 0 Å². The van der Waals surface area contributed by atoms with Crippen LogP contribution in [0.5, 0.6) is 0 Å². The Morgan fingerprint density at radius 1 is 1.23 bits per heavy atom. The number of benzene rings is 1. The molecule has 1 aliphatic rings. The van der Waals surface area contributed by atoms with Crippen LogP contribution in [0.25, 0.3) is 0 Å². The van der Waals surface area contributed by atoms with Crippen molar-refractivity contribution in [2.24, 2.45) is 10.7 Å². The first-order valence-electron chi connectivity index (χ1n) is 7.76. The highest BCUT2D eigenvalue weighted by Crippen LogP contribution is 2.17. The van der Waals surface area contributed by atoms with Gasteiger partial charge in [-0.1, -0.05) is 37.1 Å². The van der Waals surface area contributed by atoms with Crippen LogP contribution in [0.4, 0.5) is 0 Å². The molecule has 0 atom stereocenters. The molecule has 0 spiro atoms. The van der Waals surface area contributed by atoms with Crippen LogP contribution >= 0.6 is 0 Å². The summed E-state index contributed by atoms with van der Waals surface area (Å²) in [7, 11) is 0. The molecule has 0 amide bonds. The molecule has 3 N–H and O–H groups in total. The van der Waals surface area contributed by atoms with Crippen molar-refractivity contribution in [2.75, 3.05) is 0 Å². The molecule has 2 aromatic rings. The Bertz CT molecular complexity index is 596. The summed E-state index contributed by atoms with van der Waals surface area (Å²) >= 11 is 0. The smallest absolute Gasteiger partial charge is 0.189 e. The summed E-state index contributed by atoms with van der Waals surface area (Å²) in [5.41, 5.74) is 8.28. The van der Waals surface area contributed by atoms with Crippen LogP contribution in [0, 0.1) is 0 Å². The molecule has 1 saturated carbocycles. The predicted octanol–water partition coefficient (Wildman–Crippen LogP) is 1.67. The van der Waals surface area contributed by atoms with E-state index in [2.05, 4.69) is 44.7 Å². The van der Waals surface area contributed by atoms with Crippen molar-refractivity contribution < 1.29 is 0 Å². The number of hydrogen-bond acceptors (Lipinski definition) is 3. The minimum absolute atomic E-state index is 0.508. The fourth-order valence-electron chi connectivity index (χ4n) is 2.75. The van der Waals surface area contributed by atoms with E-state index in [1.165, 1.54) is 31.2 Å². The molecule has 1 fully saturated rings. The zero-order chi connectivity index (χ0) is 15.2. The molecule has 1 aromatic carbocycles. The van der Waals surface area contributed by atoms with Crippen LogP contribution in [-0.2, 0) is 13.1 Å². The number of hydrogen-bond donors (Lipinski definition) is 2. The summed E-state index contributed by atoms with van der Waals surface area (Å²) in [5.74, 6) is 0.554. The molecule has 0 saturated heterocycles. The van der Waals surface area contributed by atoms with Crippen LogP contribution < -0.4 is 11.1 Å². The van der Waals surface area contributed by atoms with Crippen molar-refractivity contribution in [2.45, 2.75) is 44.8 Å². The first-order valence-corrected chi connectivity index (χ1v) is 7.76. The van der Waals surface area contributed by atoms with Crippen molar-refractivity contribution in [1.82, 2.24) is 20.1 Å². The predicted molar refractivity (Wildman–Crippen MR) is 86.3 cm³/mol. The van der Waals surface area contributed by atoms with E-state index in [1.807, 2.05) is 0 Å². The molecular formula is C16H22N6. The third-order valence-corrected chi connectivity index (χ3v) is 3.97. The Kier molecular flexibility index (Phi) is 4.68. The molecule has 116 valence electrons. The lowest BCUT2D eigenvalue weighted by Crippen LogP contribution is -2.38. The number of aromatic nitrogens is 3. The highest BCUT2D eigenvalue weighted by Gasteiger charge is 2.14. The van der Waals surface area contributed by atoms with Gasteiger partial charge in [0, 0.05) is 6.04 Å². The monoisotopic (exact) mass is 298 g/mol. The van der Waals surface area contributed by atoms with E-state index in [-0.39, 0.29) is 0 Å². The minimum atomic E-state index is 0.508. The van der Waals surface area contributed by atoms with Crippen LogP contribution in [0.1, 0.15) is 36.8 Å². The molecule has 22 heavy (non-hydrogen) atoms. The minimum Gasteiger partial charge on any atom is -0.370 e. The standard InChI is InChI=1S/C16H22N6/c17-16(21-15-3-1-2-4-15)19-9-13-5-7-14(8-6-13)10-22-12-18-11-20-22/h5-8,11-12,15H,1-4,9-10H2,(H3,17,19,21). The molecule has 0 radical (unpaired) electrons. The van der Waals surface area contributed by atoms with Gasteiger partial charge in [-0.25, -0.2) is 14.7 Å². The van der Waals surface area contributed by atoms with E-state index in [0.717, 1.165) is 12.1 Å². The van der Waals surface area contributed by atoms with Crippen molar-refractivity contribution in [3.05, 3.63) is 48.0 Å². The second kappa shape index (κ2) is 7.06. The van der Waals surface area contributed by atoms with Gasteiger partial charge in [-0.05, 0) is 24.0 Å². The quantitative estimate of drug-likeness (QED) is 0.650. The summed E-state index contributed by atoms with van der Waals surface area (Å²) < 4.78 is 1.80. The fourth-order valence-corrected chi connectivity index (χ4v) is 2.75. The third kappa shape index (κ3) is 4.07. The molecule has 0 aliphatic heterocycles. The van der Waals surface area contributed by atoms with Crippen molar-refractivity contribution in [3.8, 4) is 0 Å². The molecule has 6 heteroatoms. The molecule has 1 aromatic heterocycles. The lowest BCUT2D eigenvalue weighted by molar-refractivity contribution is 0.625. The number of nitrogens with one attached hydrogen (secondary N) is 1. The summed E-state index contributed by atoms with van der Waals surface area (Å²) in [6.07, 6.45) is 8.24. The summed E-state index contributed by atoms with van der Waals surface area (Å²) in [5, 5.41) is 7.40. The van der Waals surface area contributed by atoms with Crippen molar-refractivity contribution in [3.63, 3.8) is 0 Å². The van der Waals surface area contributed by atoms with E-state index in [4.69, 9.17) is 5.73 Å². The van der Waals surface area contributed by atoms with Gasteiger partial charge < -0.3 is 11.1 Å². The maximum atomic E-state index is 5.94. The molecular weight excluding hydrogens is 276 g/mol. The number of guanidine groups is 1. The SMILES string of the molecule is NC(=NCc1ccc(Cn2cncn2)cc1)NC1CCCC1. The number of nitrogens with zero attached hydrogens (tertiary/aromatic N) is 4. The second-order valence-electron chi connectivity index (χ2n) is 5.74. The summed E-state index contributed by atoms with van der Waals surface area (Å²) in [6.45, 7) is 1.34. The average Bonchev–Trinajstić information content (AvgIpc) is 3.20. The van der Waals surface area contributed by atoms with Gasteiger partial charge in [0.2, 0.25) is 0 Å². The van der Waals surface area contributed by atoms with Crippen LogP contribution in [-0.4, -0.2) is 26.8 Å². The van der Waals surface area contributed by atoms with Gasteiger partial charge in [0.05, 0.1) is 13.1 Å². The Morgan fingerprint density at radius 2 is 1.95 bits per heavy atom. The Balaban J connectivity index is 1.51. The van der Waals surface area contributed by atoms with Gasteiger partial charge in [-0.2, -0.15) is 5.10 Å². The van der Waals surface area contributed by atoms with Crippen molar-refractivity contribution in [1.29, 1.82) is 0 Å². The maximum Gasteiger partial charge on any atom is 0.189 e. The van der Waals surface area contributed by atoms with E-state index in [0.29, 0.717) is 18.5 Å². The Morgan fingerprint density at radius 3 is 2.64 bits per heavy atom. The van der Waals surface area contributed by atoms with E-state index >= 15 is 0 Å². The third-order valence-electron chi connectivity index (χ3n) is 3.97. The van der Waals surface area contributed by atoms with Crippen LogP contribution in [0.2, 0.25) is 0 Å². The normalized spacial score (nSPS) is 16.1. The number of rotatable bonds is 5. The highest BCUT2D eigenvalue weighted by molar-refractivity contribution is 5.78. The molecule has 0 bridgehead atoms. The first kappa shape index (κ1) is 14.6. The lowest BCUT2D eigenvalue weighted by Gasteiger charge is -2.12. The number of aliphatic imine (C=N–C) groups is 1. The lowest BCUT2D eigenvalue weighted by atomic mass is 10.1. The molecule has 6 nitrogen and oxygen atoms in total. The second-order valence-corrected chi connectivity index (χ2v) is 5.74. The Labute approximate surface area is 130 Å². The van der Waals surface area contributed by atoms with E-state index in [9.17, 15) is 0 Å². The van der Waals surface area contributed by atoms with Gasteiger partial charge in [0.15, 0.2) is 5.96 Å². The topological polar surface area (TPSA) is 81.1 Å².